The molecule has 0 spiro atoms. The predicted molar refractivity (Wildman–Crippen MR) is 54.2 cm³/mol. The van der Waals surface area contributed by atoms with E-state index in [-0.39, 0.29) is 12.1 Å². The number of nitrogens with two attached hydrogens (primary N) is 1. The molecule has 0 aliphatic carbocycles. The van der Waals surface area contributed by atoms with E-state index in [1.54, 1.807) is 0 Å². The van der Waals surface area contributed by atoms with Crippen molar-refractivity contribution in [3.05, 3.63) is 28.2 Å². The minimum atomic E-state index is -4.84. The first kappa shape index (κ1) is 13.0. The number of halogens is 4. The van der Waals surface area contributed by atoms with Gasteiger partial charge in [-0.1, -0.05) is 15.9 Å². The van der Waals surface area contributed by atoms with Gasteiger partial charge in [-0.25, -0.2) is 0 Å². The molecule has 0 saturated carbocycles. The van der Waals surface area contributed by atoms with Gasteiger partial charge in [0, 0.05) is 4.47 Å². The Labute approximate surface area is 97.5 Å². The first-order chi connectivity index (χ1) is 7.33. The van der Waals surface area contributed by atoms with Crippen molar-refractivity contribution >= 4 is 21.7 Å². The summed E-state index contributed by atoms with van der Waals surface area (Å²) in [4.78, 5) is 11.3. The molecule has 3 nitrogen and oxygen atoms in total. The van der Waals surface area contributed by atoms with Crippen LogP contribution in [0.3, 0.4) is 0 Å². The fourth-order valence-electron chi connectivity index (χ4n) is 1.04. The molecule has 0 bridgehead atoms. The van der Waals surface area contributed by atoms with E-state index in [9.17, 15) is 18.0 Å². The number of ether oxygens (including phenoxy) is 1. The van der Waals surface area contributed by atoms with Crippen LogP contribution in [0.15, 0.2) is 22.7 Å². The van der Waals surface area contributed by atoms with Crippen LogP contribution in [0.1, 0.15) is 10.4 Å². The van der Waals surface area contributed by atoms with Gasteiger partial charge in [0.05, 0.1) is 12.1 Å². The topological polar surface area (TPSA) is 52.3 Å². The highest BCUT2D eigenvalue weighted by molar-refractivity contribution is 9.10. The SMILES string of the molecule is NCC(=O)c1cc(Br)ccc1OC(F)(F)F. The van der Waals surface area contributed by atoms with Crippen LogP contribution in [0, 0.1) is 0 Å². The molecule has 0 aliphatic rings. The van der Waals surface area contributed by atoms with Crippen LogP contribution in [-0.2, 0) is 0 Å². The van der Waals surface area contributed by atoms with Crippen LogP contribution in [0.25, 0.3) is 0 Å². The summed E-state index contributed by atoms with van der Waals surface area (Å²) in [5, 5.41) is 0. The van der Waals surface area contributed by atoms with Gasteiger partial charge in [0.1, 0.15) is 5.75 Å². The van der Waals surface area contributed by atoms with E-state index in [1.807, 2.05) is 0 Å². The second-order valence-electron chi connectivity index (χ2n) is 2.82. The maximum Gasteiger partial charge on any atom is 0.573 e. The van der Waals surface area contributed by atoms with Gasteiger partial charge in [0.2, 0.25) is 0 Å². The molecule has 16 heavy (non-hydrogen) atoms. The zero-order chi connectivity index (χ0) is 12.3. The maximum atomic E-state index is 12.0. The molecule has 1 rings (SSSR count). The van der Waals surface area contributed by atoms with Crippen molar-refractivity contribution in [3.63, 3.8) is 0 Å². The molecule has 0 atom stereocenters. The largest absolute Gasteiger partial charge is 0.573 e. The number of carbonyl (C=O) groups excluding carboxylic acids is 1. The second kappa shape index (κ2) is 4.84. The lowest BCUT2D eigenvalue weighted by Gasteiger charge is -2.12. The summed E-state index contributed by atoms with van der Waals surface area (Å²) in [6, 6.07) is 3.63. The number of hydrogen-bond acceptors (Lipinski definition) is 3. The molecule has 0 aliphatic heterocycles. The maximum absolute atomic E-state index is 12.0. The van der Waals surface area contributed by atoms with E-state index in [2.05, 4.69) is 20.7 Å². The Morgan fingerprint density at radius 3 is 2.56 bits per heavy atom. The van der Waals surface area contributed by atoms with E-state index in [4.69, 9.17) is 5.73 Å². The van der Waals surface area contributed by atoms with Crippen molar-refractivity contribution in [2.45, 2.75) is 6.36 Å². The van der Waals surface area contributed by atoms with E-state index in [1.165, 1.54) is 12.1 Å². The average Bonchev–Trinajstić information content (AvgIpc) is 2.17. The Morgan fingerprint density at radius 2 is 2.06 bits per heavy atom. The normalized spacial score (nSPS) is 11.3. The van der Waals surface area contributed by atoms with Gasteiger partial charge < -0.3 is 10.5 Å². The molecule has 2 N–H and O–H groups in total. The lowest BCUT2D eigenvalue weighted by molar-refractivity contribution is -0.274. The Morgan fingerprint density at radius 1 is 1.44 bits per heavy atom. The summed E-state index contributed by atoms with van der Waals surface area (Å²) in [6.07, 6.45) is -4.84. The molecular formula is C9H7BrF3NO2. The Kier molecular flexibility index (Phi) is 3.93. The highest BCUT2D eigenvalue weighted by Gasteiger charge is 2.32. The summed E-state index contributed by atoms with van der Waals surface area (Å²) in [7, 11) is 0. The van der Waals surface area contributed by atoms with Gasteiger partial charge in [-0.05, 0) is 18.2 Å². The van der Waals surface area contributed by atoms with Gasteiger partial charge in [-0.2, -0.15) is 0 Å². The van der Waals surface area contributed by atoms with Gasteiger partial charge >= 0.3 is 6.36 Å². The smallest absolute Gasteiger partial charge is 0.405 e. The van der Waals surface area contributed by atoms with Gasteiger partial charge in [0.25, 0.3) is 0 Å². The molecule has 0 amide bonds. The Balaban J connectivity index is 3.13. The molecule has 0 fully saturated rings. The van der Waals surface area contributed by atoms with Crippen molar-refractivity contribution in [1.29, 1.82) is 0 Å². The van der Waals surface area contributed by atoms with E-state index in [0.29, 0.717) is 4.47 Å². The van der Waals surface area contributed by atoms with Crippen molar-refractivity contribution < 1.29 is 22.7 Å². The average molecular weight is 298 g/mol. The molecule has 0 saturated heterocycles. The zero-order valence-electron chi connectivity index (χ0n) is 7.84. The quantitative estimate of drug-likeness (QED) is 0.872. The molecule has 0 unspecified atom stereocenters. The van der Waals surface area contributed by atoms with E-state index in [0.717, 1.165) is 6.07 Å². The summed E-state index contributed by atoms with van der Waals surface area (Å²) in [6.45, 7) is -0.384. The minimum absolute atomic E-state index is 0.200. The number of benzene rings is 1. The molecular weight excluding hydrogens is 291 g/mol. The van der Waals surface area contributed by atoms with E-state index >= 15 is 0 Å². The second-order valence-corrected chi connectivity index (χ2v) is 3.73. The highest BCUT2D eigenvalue weighted by atomic mass is 79.9. The lowest BCUT2D eigenvalue weighted by Crippen LogP contribution is -2.21. The van der Waals surface area contributed by atoms with Crippen molar-refractivity contribution in [2.24, 2.45) is 5.73 Å². The number of rotatable bonds is 3. The number of alkyl halides is 3. The van der Waals surface area contributed by atoms with Gasteiger partial charge in [0.15, 0.2) is 5.78 Å². The highest BCUT2D eigenvalue weighted by Crippen LogP contribution is 2.28. The monoisotopic (exact) mass is 297 g/mol. The zero-order valence-corrected chi connectivity index (χ0v) is 9.43. The number of Topliss-reactive ketones (excluding diaryl/α,β-unsaturated/α-hetero) is 1. The standard InChI is InChI=1S/C9H7BrF3NO2/c10-5-1-2-8(16-9(11,12)13)6(3-5)7(15)4-14/h1-3H,4,14H2. The van der Waals surface area contributed by atoms with Crippen molar-refractivity contribution in [3.8, 4) is 5.75 Å². The fourth-order valence-corrected chi connectivity index (χ4v) is 1.40. The fraction of sp³-hybridized carbons (Fsp3) is 0.222. The Hall–Kier alpha value is -1.08. The van der Waals surface area contributed by atoms with Gasteiger partial charge in [-0.3, -0.25) is 4.79 Å². The first-order valence-corrected chi connectivity index (χ1v) is 4.91. The van der Waals surface area contributed by atoms with Crippen LogP contribution in [-0.4, -0.2) is 18.7 Å². The van der Waals surface area contributed by atoms with Crippen molar-refractivity contribution in [1.82, 2.24) is 0 Å². The summed E-state index contributed by atoms with van der Waals surface area (Å²) in [5.74, 6) is -1.17. The number of carbonyl (C=O) groups is 1. The third-order valence-corrected chi connectivity index (χ3v) is 2.15. The van der Waals surface area contributed by atoms with Crippen LogP contribution < -0.4 is 10.5 Å². The number of ketones is 1. The van der Waals surface area contributed by atoms with E-state index < -0.39 is 17.9 Å². The molecule has 1 aromatic carbocycles. The Bertz CT molecular complexity index is 406. The van der Waals surface area contributed by atoms with Crippen LogP contribution in [0.5, 0.6) is 5.75 Å². The third-order valence-electron chi connectivity index (χ3n) is 1.65. The third kappa shape index (κ3) is 3.49. The molecule has 7 heteroatoms. The molecule has 0 heterocycles. The summed E-state index contributed by atoms with van der Waals surface area (Å²) >= 11 is 3.04. The summed E-state index contributed by atoms with van der Waals surface area (Å²) < 4.78 is 40.2. The molecule has 0 radical (unpaired) electrons. The van der Waals surface area contributed by atoms with Crippen LogP contribution in [0.4, 0.5) is 13.2 Å². The molecule has 1 aromatic rings. The first-order valence-electron chi connectivity index (χ1n) is 4.12. The molecule has 88 valence electrons. The summed E-state index contributed by atoms with van der Waals surface area (Å²) in [5.41, 5.74) is 4.89. The number of hydrogen-bond donors (Lipinski definition) is 1. The lowest BCUT2D eigenvalue weighted by atomic mass is 10.1. The molecule has 0 aromatic heterocycles. The van der Waals surface area contributed by atoms with Crippen LogP contribution in [0.2, 0.25) is 0 Å². The van der Waals surface area contributed by atoms with Crippen LogP contribution >= 0.6 is 15.9 Å². The van der Waals surface area contributed by atoms with Crippen molar-refractivity contribution in [2.75, 3.05) is 6.54 Å². The minimum Gasteiger partial charge on any atom is -0.405 e. The predicted octanol–water partition coefficient (Wildman–Crippen LogP) is 2.49. The van der Waals surface area contributed by atoms with Gasteiger partial charge in [-0.15, -0.1) is 13.2 Å².